The van der Waals surface area contributed by atoms with Gasteiger partial charge in [0.15, 0.2) is 0 Å². The number of carbonyl (C=O) groups is 2. The van der Waals surface area contributed by atoms with Crippen LogP contribution in [0.2, 0.25) is 0 Å². The van der Waals surface area contributed by atoms with Crippen LogP contribution in [0.1, 0.15) is 22.3 Å². The van der Waals surface area contributed by atoms with E-state index < -0.39 is 11.8 Å². The molecule has 0 saturated heterocycles. The van der Waals surface area contributed by atoms with Gasteiger partial charge in [-0.25, -0.2) is 0 Å². The average molecular weight is 338 g/mol. The maximum atomic E-state index is 12.0. The van der Waals surface area contributed by atoms with E-state index in [1.165, 1.54) is 5.56 Å². The second-order valence-corrected chi connectivity index (χ2v) is 6.25. The van der Waals surface area contributed by atoms with Gasteiger partial charge in [-0.2, -0.15) is 0 Å². The van der Waals surface area contributed by atoms with Crippen LogP contribution in [0, 0.1) is 13.8 Å². The van der Waals surface area contributed by atoms with Crippen LogP contribution in [-0.4, -0.2) is 25.0 Å². The Hall–Kier alpha value is -2.82. The third-order valence-electron chi connectivity index (χ3n) is 4.51. The third kappa shape index (κ3) is 3.99. The standard InChI is InChI=1S/C20H22N2O3/c1-13-4-3-5-17(14(13)2)22-20(24)19(23)21-10-8-15-6-7-18-16(12-15)9-11-25-18/h3-7,12H,8-11H2,1-2H3,(H,21,23)(H,22,24). The Balaban J connectivity index is 1.50. The molecule has 2 amide bonds. The predicted octanol–water partition coefficient (Wildman–Crippen LogP) is 2.54. The molecular formula is C20H22N2O3. The summed E-state index contributed by atoms with van der Waals surface area (Å²) in [4.78, 5) is 24.0. The summed E-state index contributed by atoms with van der Waals surface area (Å²) < 4.78 is 5.48. The predicted molar refractivity (Wildman–Crippen MR) is 96.9 cm³/mol. The first kappa shape index (κ1) is 17.0. The Morgan fingerprint density at radius 3 is 2.80 bits per heavy atom. The van der Waals surface area contributed by atoms with E-state index in [-0.39, 0.29) is 0 Å². The van der Waals surface area contributed by atoms with Crippen molar-refractivity contribution in [2.45, 2.75) is 26.7 Å². The molecule has 1 heterocycles. The molecule has 1 aliphatic rings. The van der Waals surface area contributed by atoms with Crippen LogP contribution in [0.4, 0.5) is 5.69 Å². The van der Waals surface area contributed by atoms with Crippen molar-refractivity contribution in [3.05, 3.63) is 58.7 Å². The maximum absolute atomic E-state index is 12.0. The lowest BCUT2D eigenvalue weighted by atomic mass is 10.1. The molecular weight excluding hydrogens is 316 g/mol. The van der Waals surface area contributed by atoms with Gasteiger partial charge in [0.2, 0.25) is 0 Å². The minimum absolute atomic E-state index is 0.415. The molecule has 0 aromatic heterocycles. The van der Waals surface area contributed by atoms with Crippen molar-refractivity contribution in [1.82, 2.24) is 5.32 Å². The smallest absolute Gasteiger partial charge is 0.313 e. The topological polar surface area (TPSA) is 67.4 Å². The molecule has 0 radical (unpaired) electrons. The van der Waals surface area contributed by atoms with Gasteiger partial charge in [-0.15, -0.1) is 0 Å². The number of benzene rings is 2. The first-order valence-electron chi connectivity index (χ1n) is 8.44. The SMILES string of the molecule is Cc1cccc(NC(=O)C(=O)NCCc2ccc3c(c2)CCO3)c1C. The third-order valence-corrected chi connectivity index (χ3v) is 4.51. The van der Waals surface area contributed by atoms with Crippen LogP contribution in [0.3, 0.4) is 0 Å². The van der Waals surface area contributed by atoms with Gasteiger partial charge >= 0.3 is 11.8 Å². The molecule has 2 N–H and O–H groups in total. The highest BCUT2D eigenvalue weighted by atomic mass is 16.5. The second-order valence-electron chi connectivity index (χ2n) is 6.25. The molecule has 3 rings (SSSR count). The van der Waals surface area contributed by atoms with Crippen molar-refractivity contribution in [3.8, 4) is 5.75 Å². The fourth-order valence-corrected chi connectivity index (χ4v) is 2.86. The van der Waals surface area contributed by atoms with E-state index in [2.05, 4.69) is 16.7 Å². The van der Waals surface area contributed by atoms with Gasteiger partial charge in [-0.3, -0.25) is 9.59 Å². The summed E-state index contributed by atoms with van der Waals surface area (Å²) in [5.74, 6) is -0.317. The van der Waals surface area contributed by atoms with Crippen LogP contribution in [0.5, 0.6) is 5.75 Å². The van der Waals surface area contributed by atoms with Gasteiger partial charge in [0, 0.05) is 18.7 Å². The molecule has 5 nitrogen and oxygen atoms in total. The fraction of sp³-hybridized carbons (Fsp3) is 0.300. The molecule has 25 heavy (non-hydrogen) atoms. The van der Waals surface area contributed by atoms with E-state index in [9.17, 15) is 9.59 Å². The zero-order valence-electron chi connectivity index (χ0n) is 14.5. The van der Waals surface area contributed by atoms with E-state index in [1.807, 2.05) is 38.1 Å². The monoisotopic (exact) mass is 338 g/mol. The van der Waals surface area contributed by atoms with Crippen molar-refractivity contribution in [3.63, 3.8) is 0 Å². The number of aryl methyl sites for hydroxylation is 1. The van der Waals surface area contributed by atoms with Crippen molar-refractivity contribution >= 4 is 17.5 Å². The van der Waals surface area contributed by atoms with Crippen LogP contribution in [0.15, 0.2) is 36.4 Å². The molecule has 0 atom stereocenters. The summed E-state index contributed by atoms with van der Waals surface area (Å²) in [6.07, 6.45) is 1.60. The number of amides is 2. The van der Waals surface area contributed by atoms with Gasteiger partial charge in [0.25, 0.3) is 0 Å². The summed E-state index contributed by atoms with van der Waals surface area (Å²) in [7, 11) is 0. The van der Waals surface area contributed by atoms with Gasteiger partial charge in [-0.1, -0.05) is 24.3 Å². The Morgan fingerprint density at radius 2 is 1.96 bits per heavy atom. The zero-order valence-corrected chi connectivity index (χ0v) is 14.5. The molecule has 0 spiro atoms. The molecule has 5 heteroatoms. The van der Waals surface area contributed by atoms with Crippen LogP contribution in [-0.2, 0) is 22.4 Å². The van der Waals surface area contributed by atoms with Crippen molar-refractivity contribution in [2.75, 3.05) is 18.5 Å². The normalized spacial score (nSPS) is 12.2. The van der Waals surface area contributed by atoms with Crippen LogP contribution < -0.4 is 15.4 Å². The number of ether oxygens (including phenoxy) is 1. The number of anilines is 1. The molecule has 0 fully saturated rings. The Labute approximate surface area is 147 Å². The number of hydrogen-bond acceptors (Lipinski definition) is 3. The highest BCUT2D eigenvalue weighted by Gasteiger charge is 2.15. The number of fused-ring (bicyclic) bond motifs is 1. The zero-order chi connectivity index (χ0) is 17.8. The molecule has 0 unspecified atom stereocenters. The molecule has 2 aromatic rings. The van der Waals surface area contributed by atoms with Crippen LogP contribution >= 0.6 is 0 Å². The second kappa shape index (κ2) is 7.38. The Morgan fingerprint density at radius 1 is 1.12 bits per heavy atom. The van der Waals surface area contributed by atoms with E-state index in [0.717, 1.165) is 35.5 Å². The van der Waals surface area contributed by atoms with E-state index in [1.54, 1.807) is 6.07 Å². The van der Waals surface area contributed by atoms with Crippen molar-refractivity contribution in [2.24, 2.45) is 0 Å². The first-order valence-corrected chi connectivity index (χ1v) is 8.44. The van der Waals surface area contributed by atoms with E-state index in [0.29, 0.717) is 18.7 Å². The molecule has 0 saturated carbocycles. The average Bonchev–Trinajstić information content (AvgIpc) is 3.06. The minimum atomic E-state index is -0.643. The lowest BCUT2D eigenvalue weighted by molar-refractivity contribution is -0.136. The number of rotatable bonds is 4. The quantitative estimate of drug-likeness (QED) is 0.842. The lowest BCUT2D eigenvalue weighted by Gasteiger charge is -2.10. The highest BCUT2D eigenvalue weighted by molar-refractivity contribution is 6.39. The lowest BCUT2D eigenvalue weighted by Crippen LogP contribution is -2.36. The Kier molecular flexibility index (Phi) is 5.03. The molecule has 130 valence electrons. The van der Waals surface area contributed by atoms with Gasteiger partial charge in [0.1, 0.15) is 5.75 Å². The van der Waals surface area contributed by atoms with Crippen LogP contribution in [0.25, 0.3) is 0 Å². The first-order chi connectivity index (χ1) is 12.0. The van der Waals surface area contributed by atoms with Gasteiger partial charge in [0.05, 0.1) is 6.61 Å². The molecule has 1 aliphatic heterocycles. The summed E-state index contributed by atoms with van der Waals surface area (Å²) in [6.45, 7) is 5.03. The molecule has 2 aromatic carbocycles. The summed E-state index contributed by atoms with van der Waals surface area (Å²) in [6, 6.07) is 11.7. The number of carbonyl (C=O) groups excluding carboxylic acids is 2. The molecule has 0 aliphatic carbocycles. The maximum Gasteiger partial charge on any atom is 0.313 e. The van der Waals surface area contributed by atoms with E-state index >= 15 is 0 Å². The van der Waals surface area contributed by atoms with E-state index in [4.69, 9.17) is 4.74 Å². The number of hydrogen-bond donors (Lipinski definition) is 2. The fourth-order valence-electron chi connectivity index (χ4n) is 2.86. The summed E-state index contributed by atoms with van der Waals surface area (Å²) >= 11 is 0. The Bertz CT molecular complexity index is 815. The summed E-state index contributed by atoms with van der Waals surface area (Å²) in [5, 5.41) is 5.34. The largest absolute Gasteiger partial charge is 0.493 e. The summed E-state index contributed by atoms with van der Waals surface area (Å²) in [5.41, 5.74) is 5.03. The van der Waals surface area contributed by atoms with Crippen molar-refractivity contribution < 1.29 is 14.3 Å². The minimum Gasteiger partial charge on any atom is -0.493 e. The molecule has 0 bridgehead atoms. The van der Waals surface area contributed by atoms with Gasteiger partial charge < -0.3 is 15.4 Å². The van der Waals surface area contributed by atoms with Crippen molar-refractivity contribution in [1.29, 1.82) is 0 Å². The van der Waals surface area contributed by atoms with Gasteiger partial charge in [-0.05, 0) is 54.7 Å². The highest BCUT2D eigenvalue weighted by Crippen LogP contribution is 2.25. The number of nitrogens with one attached hydrogen (secondary N) is 2.